The Kier molecular flexibility index (Phi) is 5.92. The summed E-state index contributed by atoms with van der Waals surface area (Å²) in [6, 6.07) is 7.08. The van der Waals surface area contributed by atoms with Gasteiger partial charge in [0.05, 0.1) is 18.4 Å². The van der Waals surface area contributed by atoms with Gasteiger partial charge in [-0.2, -0.15) is 8.42 Å². The summed E-state index contributed by atoms with van der Waals surface area (Å²) in [5, 5.41) is 0. The fourth-order valence-electron chi connectivity index (χ4n) is 1.63. The predicted octanol–water partition coefficient (Wildman–Crippen LogP) is 2.55. The number of carbonyl (C=O) groups excluding carboxylic acids is 1. The largest absolute Gasteiger partial charge is 0.456 e. The monoisotopic (exact) mass is 314 g/mol. The number of rotatable bonds is 6. The van der Waals surface area contributed by atoms with Crippen molar-refractivity contribution in [2.24, 2.45) is 0 Å². The molecule has 21 heavy (non-hydrogen) atoms. The molecule has 0 heterocycles. The summed E-state index contributed by atoms with van der Waals surface area (Å²) < 4.78 is 31.5. The third kappa shape index (κ3) is 7.82. The van der Waals surface area contributed by atoms with E-state index in [1.54, 1.807) is 12.1 Å². The first kappa shape index (κ1) is 17.7. The zero-order chi connectivity index (χ0) is 16.1. The lowest BCUT2D eigenvalue weighted by molar-refractivity contribution is 0.00695. The molecule has 0 aliphatic heterocycles. The first-order valence-electron chi connectivity index (χ1n) is 6.73. The van der Waals surface area contributed by atoms with E-state index in [1.807, 2.05) is 32.9 Å². The molecule has 0 bridgehead atoms. The van der Waals surface area contributed by atoms with Crippen molar-refractivity contribution < 1.29 is 22.1 Å². The van der Waals surface area contributed by atoms with Gasteiger partial charge in [0.2, 0.25) is 0 Å². The number of hydrogen-bond acceptors (Lipinski definition) is 5. The predicted molar refractivity (Wildman–Crippen MR) is 80.7 cm³/mol. The van der Waals surface area contributed by atoms with E-state index in [2.05, 4.69) is 4.18 Å². The van der Waals surface area contributed by atoms with Gasteiger partial charge < -0.3 is 4.74 Å². The number of hydrogen-bond donors (Lipinski definition) is 0. The van der Waals surface area contributed by atoms with Crippen molar-refractivity contribution in [3.8, 4) is 0 Å². The molecule has 0 amide bonds. The molecule has 1 aromatic carbocycles. The second-order valence-corrected chi connectivity index (χ2v) is 7.47. The highest BCUT2D eigenvalue weighted by Crippen LogP contribution is 2.13. The molecule has 6 heteroatoms. The van der Waals surface area contributed by atoms with Crippen molar-refractivity contribution in [1.82, 2.24) is 0 Å². The van der Waals surface area contributed by atoms with Crippen LogP contribution in [-0.2, 0) is 25.5 Å². The summed E-state index contributed by atoms with van der Waals surface area (Å²) >= 11 is 0. The van der Waals surface area contributed by atoms with E-state index in [-0.39, 0.29) is 12.6 Å². The number of esters is 1. The van der Waals surface area contributed by atoms with E-state index >= 15 is 0 Å². The van der Waals surface area contributed by atoms with Crippen molar-refractivity contribution in [2.75, 3.05) is 12.9 Å². The molecular weight excluding hydrogens is 292 g/mol. The molecule has 0 spiro atoms. The van der Waals surface area contributed by atoms with Crippen LogP contribution in [0.15, 0.2) is 24.3 Å². The summed E-state index contributed by atoms with van der Waals surface area (Å²) in [4.78, 5) is 11.8. The van der Waals surface area contributed by atoms with Crippen LogP contribution in [0.5, 0.6) is 0 Å². The van der Waals surface area contributed by atoms with Gasteiger partial charge in [-0.15, -0.1) is 0 Å². The van der Waals surface area contributed by atoms with E-state index in [0.29, 0.717) is 18.4 Å². The summed E-state index contributed by atoms with van der Waals surface area (Å²) in [6.07, 6.45) is 2.31. The smallest absolute Gasteiger partial charge is 0.338 e. The maximum Gasteiger partial charge on any atom is 0.338 e. The summed E-state index contributed by atoms with van der Waals surface area (Å²) in [5.41, 5.74) is 0.999. The maximum absolute atomic E-state index is 11.8. The van der Waals surface area contributed by atoms with Crippen LogP contribution in [0.4, 0.5) is 0 Å². The van der Waals surface area contributed by atoms with Crippen molar-refractivity contribution in [3.05, 3.63) is 35.4 Å². The van der Waals surface area contributed by atoms with Crippen molar-refractivity contribution in [1.29, 1.82) is 0 Å². The van der Waals surface area contributed by atoms with Crippen LogP contribution in [0.25, 0.3) is 0 Å². The van der Waals surface area contributed by atoms with E-state index in [9.17, 15) is 13.2 Å². The van der Waals surface area contributed by atoms with Gasteiger partial charge in [0.25, 0.3) is 10.1 Å². The molecule has 0 unspecified atom stereocenters. The molecule has 0 N–H and O–H groups in total. The van der Waals surface area contributed by atoms with E-state index in [1.165, 1.54) is 0 Å². The quantitative estimate of drug-likeness (QED) is 0.458. The van der Waals surface area contributed by atoms with Crippen LogP contribution in [-0.4, -0.2) is 32.9 Å². The number of benzene rings is 1. The summed E-state index contributed by atoms with van der Waals surface area (Å²) in [5.74, 6) is -0.352. The molecule has 0 atom stereocenters. The molecule has 0 radical (unpaired) electrons. The van der Waals surface area contributed by atoms with Crippen LogP contribution < -0.4 is 0 Å². The number of ether oxygens (including phenoxy) is 1. The van der Waals surface area contributed by atoms with Crippen LogP contribution in [0.3, 0.4) is 0 Å². The first-order chi connectivity index (χ1) is 9.57. The van der Waals surface area contributed by atoms with E-state index < -0.39 is 15.7 Å². The topological polar surface area (TPSA) is 69.7 Å². The molecule has 0 fully saturated rings. The molecule has 5 nitrogen and oxygen atoms in total. The molecule has 1 rings (SSSR count). The molecule has 1 aromatic rings. The summed E-state index contributed by atoms with van der Waals surface area (Å²) in [7, 11) is -3.38. The van der Waals surface area contributed by atoms with Gasteiger partial charge in [-0.25, -0.2) is 4.79 Å². The molecule has 118 valence electrons. The van der Waals surface area contributed by atoms with Crippen molar-refractivity contribution in [2.45, 2.75) is 39.2 Å². The SMILES string of the molecule is CC(C)(C)OC(=O)c1ccc(CCCOS(C)(=O)=O)cc1. The highest BCUT2D eigenvalue weighted by molar-refractivity contribution is 7.85. The Morgan fingerprint density at radius 3 is 2.19 bits per heavy atom. The van der Waals surface area contributed by atoms with Crippen molar-refractivity contribution >= 4 is 16.1 Å². The van der Waals surface area contributed by atoms with Gasteiger partial charge in [-0.3, -0.25) is 4.18 Å². The van der Waals surface area contributed by atoms with E-state index in [0.717, 1.165) is 11.8 Å². The third-order valence-corrected chi connectivity index (χ3v) is 3.09. The molecule has 0 saturated heterocycles. The zero-order valence-corrected chi connectivity index (χ0v) is 13.7. The van der Waals surface area contributed by atoms with Gasteiger partial charge in [0.1, 0.15) is 5.60 Å². The lowest BCUT2D eigenvalue weighted by Gasteiger charge is -2.19. The number of carbonyl (C=O) groups is 1. The Hall–Kier alpha value is -1.40. The van der Waals surface area contributed by atoms with Crippen LogP contribution in [0.2, 0.25) is 0 Å². The normalized spacial score (nSPS) is 12.2. The Morgan fingerprint density at radius 1 is 1.14 bits per heavy atom. The second-order valence-electron chi connectivity index (χ2n) is 5.83. The summed E-state index contributed by atoms with van der Waals surface area (Å²) in [6.45, 7) is 5.62. The third-order valence-electron chi connectivity index (χ3n) is 2.50. The average Bonchev–Trinajstić information content (AvgIpc) is 2.32. The maximum atomic E-state index is 11.8. The molecule has 0 saturated carbocycles. The molecule has 0 aliphatic rings. The average molecular weight is 314 g/mol. The van der Waals surface area contributed by atoms with Gasteiger partial charge >= 0.3 is 5.97 Å². The molecule has 0 aromatic heterocycles. The highest BCUT2D eigenvalue weighted by Gasteiger charge is 2.17. The van der Waals surface area contributed by atoms with Crippen LogP contribution >= 0.6 is 0 Å². The van der Waals surface area contributed by atoms with E-state index in [4.69, 9.17) is 4.74 Å². The van der Waals surface area contributed by atoms with Crippen LogP contribution in [0, 0.1) is 0 Å². The van der Waals surface area contributed by atoms with Gasteiger partial charge in [-0.05, 0) is 51.3 Å². The van der Waals surface area contributed by atoms with Gasteiger partial charge in [0, 0.05) is 0 Å². The first-order valence-corrected chi connectivity index (χ1v) is 8.55. The van der Waals surface area contributed by atoms with Gasteiger partial charge in [-0.1, -0.05) is 12.1 Å². The minimum absolute atomic E-state index is 0.159. The fourth-order valence-corrected chi connectivity index (χ4v) is 2.05. The molecule has 0 aliphatic carbocycles. The minimum atomic E-state index is -3.38. The lowest BCUT2D eigenvalue weighted by atomic mass is 10.1. The highest BCUT2D eigenvalue weighted by atomic mass is 32.2. The standard InChI is InChI=1S/C15H22O5S/c1-15(2,3)20-14(16)13-9-7-12(8-10-13)6-5-11-19-21(4,17)18/h7-10H,5-6,11H2,1-4H3. The minimum Gasteiger partial charge on any atom is -0.456 e. The Balaban J connectivity index is 2.49. The number of aryl methyl sites for hydroxylation is 1. The van der Waals surface area contributed by atoms with Crippen molar-refractivity contribution in [3.63, 3.8) is 0 Å². The lowest BCUT2D eigenvalue weighted by Crippen LogP contribution is -2.23. The Bertz CT molecular complexity index is 567. The molecular formula is C15H22O5S. The Labute approximate surface area is 126 Å². The Morgan fingerprint density at radius 2 is 1.71 bits per heavy atom. The van der Waals surface area contributed by atoms with Crippen LogP contribution in [0.1, 0.15) is 43.1 Å². The zero-order valence-electron chi connectivity index (χ0n) is 12.9. The second kappa shape index (κ2) is 7.04. The van der Waals surface area contributed by atoms with Gasteiger partial charge in [0.15, 0.2) is 0 Å². The fraction of sp³-hybridized carbons (Fsp3) is 0.533.